The third kappa shape index (κ3) is 3.92. The largest absolute Gasteiger partial charge is 0.395 e. The van der Waals surface area contributed by atoms with Crippen molar-refractivity contribution >= 4 is 40.1 Å². The zero-order chi connectivity index (χ0) is 17.8. The first-order valence-electron chi connectivity index (χ1n) is 7.76. The molecular weight excluding hydrogens is 338 g/mol. The Hall–Kier alpha value is -2.58. The zero-order valence-corrected chi connectivity index (χ0v) is 14.8. The summed E-state index contributed by atoms with van der Waals surface area (Å²) < 4.78 is 0. The number of anilines is 2. The maximum absolute atomic E-state index is 11.3. The lowest BCUT2D eigenvalue weighted by molar-refractivity contribution is -0.114. The van der Waals surface area contributed by atoms with Crippen molar-refractivity contribution in [3.8, 4) is 11.3 Å². The van der Waals surface area contributed by atoms with E-state index in [-0.39, 0.29) is 12.5 Å². The van der Waals surface area contributed by atoms with E-state index in [2.05, 4.69) is 25.6 Å². The SMILES string of the molecule is CSc1cc(NCCO)cc(-c2c[nH]c3cnc(NC(C)=O)cc23)n1. The number of rotatable bonds is 6. The number of carbonyl (C=O) groups is 1. The van der Waals surface area contributed by atoms with Gasteiger partial charge in [0.1, 0.15) is 5.82 Å². The molecule has 8 heteroatoms. The molecule has 3 aromatic rings. The molecule has 1 amide bonds. The van der Waals surface area contributed by atoms with Gasteiger partial charge in [-0.1, -0.05) is 0 Å². The van der Waals surface area contributed by atoms with Gasteiger partial charge >= 0.3 is 0 Å². The molecule has 0 radical (unpaired) electrons. The topological polar surface area (TPSA) is 103 Å². The normalized spacial score (nSPS) is 10.8. The second kappa shape index (κ2) is 7.54. The number of nitrogens with one attached hydrogen (secondary N) is 3. The third-order valence-electron chi connectivity index (χ3n) is 3.60. The number of fused-ring (bicyclic) bond motifs is 1. The summed E-state index contributed by atoms with van der Waals surface area (Å²) in [5.74, 6) is 0.336. The van der Waals surface area contributed by atoms with Crippen molar-refractivity contribution < 1.29 is 9.90 Å². The Balaban J connectivity index is 2.06. The van der Waals surface area contributed by atoms with Gasteiger partial charge in [0.15, 0.2) is 0 Å². The maximum atomic E-state index is 11.3. The molecule has 0 aliphatic heterocycles. The van der Waals surface area contributed by atoms with Gasteiger partial charge in [0, 0.05) is 36.3 Å². The maximum Gasteiger partial charge on any atom is 0.222 e. The fraction of sp³-hybridized carbons (Fsp3) is 0.235. The van der Waals surface area contributed by atoms with Crippen molar-refractivity contribution in [3.05, 3.63) is 30.6 Å². The molecule has 0 fully saturated rings. The minimum atomic E-state index is -0.165. The van der Waals surface area contributed by atoms with Gasteiger partial charge < -0.3 is 20.7 Å². The van der Waals surface area contributed by atoms with Crippen LogP contribution in [0.2, 0.25) is 0 Å². The van der Waals surface area contributed by atoms with Crippen LogP contribution in [0.3, 0.4) is 0 Å². The van der Waals surface area contributed by atoms with Gasteiger partial charge in [0.2, 0.25) is 5.91 Å². The molecule has 0 bridgehead atoms. The number of hydrogen-bond donors (Lipinski definition) is 4. The molecule has 0 aromatic carbocycles. The second-order valence-corrected chi connectivity index (χ2v) is 6.26. The van der Waals surface area contributed by atoms with Crippen molar-refractivity contribution in [2.24, 2.45) is 0 Å². The van der Waals surface area contributed by atoms with E-state index in [1.807, 2.05) is 30.7 Å². The number of amides is 1. The monoisotopic (exact) mass is 357 g/mol. The standard InChI is InChI=1S/C17H19N5O2S/c1-10(24)21-16-7-12-13(8-19-15(12)9-20-16)14-5-11(18-3-4-23)6-17(22-14)25-2/h5-9,19,23H,3-4H2,1-2H3,(H,18,22)(H,20,21,24). The number of hydrogen-bond acceptors (Lipinski definition) is 6. The Kier molecular flexibility index (Phi) is 5.20. The predicted molar refractivity (Wildman–Crippen MR) is 101 cm³/mol. The van der Waals surface area contributed by atoms with E-state index in [1.54, 1.807) is 18.0 Å². The number of carbonyl (C=O) groups excluding carboxylic acids is 1. The molecule has 130 valence electrons. The Labute approximate surface area is 149 Å². The smallest absolute Gasteiger partial charge is 0.222 e. The average Bonchev–Trinajstić information content (AvgIpc) is 3.02. The summed E-state index contributed by atoms with van der Waals surface area (Å²) in [4.78, 5) is 23.3. The number of H-pyrrole nitrogens is 1. The summed E-state index contributed by atoms with van der Waals surface area (Å²) >= 11 is 1.55. The molecule has 0 spiro atoms. The van der Waals surface area contributed by atoms with Gasteiger partial charge in [0.05, 0.1) is 29.0 Å². The van der Waals surface area contributed by atoms with Crippen molar-refractivity contribution in [2.75, 3.05) is 30.0 Å². The summed E-state index contributed by atoms with van der Waals surface area (Å²) in [6.07, 6.45) is 5.54. The lowest BCUT2D eigenvalue weighted by Gasteiger charge is -2.09. The highest BCUT2D eigenvalue weighted by Gasteiger charge is 2.12. The van der Waals surface area contributed by atoms with Gasteiger partial charge in [-0.05, 0) is 24.5 Å². The number of pyridine rings is 2. The lowest BCUT2D eigenvalue weighted by atomic mass is 10.1. The third-order valence-corrected chi connectivity index (χ3v) is 4.23. The van der Waals surface area contributed by atoms with Crippen LogP contribution in [-0.2, 0) is 4.79 Å². The first-order valence-corrected chi connectivity index (χ1v) is 8.99. The van der Waals surface area contributed by atoms with E-state index in [1.165, 1.54) is 6.92 Å². The molecule has 4 N–H and O–H groups in total. The van der Waals surface area contributed by atoms with Crippen LogP contribution in [0.1, 0.15) is 6.92 Å². The summed E-state index contributed by atoms with van der Waals surface area (Å²) in [6.45, 7) is 1.99. The Morgan fingerprint density at radius 1 is 1.36 bits per heavy atom. The van der Waals surface area contributed by atoms with Crippen LogP contribution in [0.4, 0.5) is 11.5 Å². The number of aliphatic hydroxyl groups is 1. The first kappa shape index (κ1) is 17.2. The molecule has 3 heterocycles. The Bertz CT molecular complexity index is 909. The van der Waals surface area contributed by atoms with E-state index < -0.39 is 0 Å². The van der Waals surface area contributed by atoms with E-state index in [4.69, 9.17) is 5.11 Å². The van der Waals surface area contributed by atoms with Crippen LogP contribution in [0.5, 0.6) is 0 Å². The van der Waals surface area contributed by atoms with Crippen LogP contribution in [0, 0.1) is 0 Å². The van der Waals surface area contributed by atoms with Crippen molar-refractivity contribution in [1.29, 1.82) is 0 Å². The number of aromatic nitrogens is 3. The number of aliphatic hydroxyl groups excluding tert-OH is 1. The molecular formula is C17H19N5O2S. The Morgan fingerprint density at radius 2 is 2.20 bits per heavy atom. The fourth-order valence-corrected chi connectivity index (χ4v) is 2.97. The number of thioether (sulfide) groups is 1. The molecule has 3 aromatic heterocycles. The summed E-state index contributed by atoms with van der Waals surface area (Å²) in [7, 11) is 0. The van der Waals surface area contributed by atoms with Crippen LogP contribution >= 0.6 is 11.8 Å². The molecule has 0 unspecified atom stereocenters. The molecule has 0 aliphatic carbocycles. The van der Waals surface area contributed by atoms with E-state index >= 15 is 0 Å². The fourth-order valence-electron chi connectivity index (χ4n) is 2.53. The molecule has 0 saturated heterocycles. The zero-order valence-electron chi connectivity index (χ0n) is 14.0. The number of aromatic amines is 1. The van der Waals surface area contributed by atoms with Crippen molar-refractivity contribution in [3.63, 3.8) is 0 Å². The van der Waals surface area contributed by atoms with E-state index in [9.17, 15) is 4.79 Å². The van der Waals surface area contributed by atoms with Crippen LogP contribution in [0.15, 0.2) is 35.6 Å². The van der Waals surface area contributed by atoms with E-state index in [0.29, 0.717) is 12.4 Å². The summed E-state index contributed by atoms with van der Waals surface area (Å²) in [6, 6.07) is 5.72. The molecule has 25 heavy (non-hydrogen) atoms. The summed E-state index contributed by atoms with van der Waals surface area (Å²) in [5.41, 5.74) is 3.49. The minimum Gasteiger partial charge on any atom is -0.395 e. The molecule has 3 rings (SSSR count). The van der Waals surface area contributed by atoms with Gasteiger partial charge in [-0.2, -0.15) is 0 Å². The second-order valence-electron chi connectivity index (χ2n) is 5.43. The lowest BCUT2D eigenvalue weighted by Crippen LogP contribution is -2.07. The van der Waals surface area contributed by atoms with Crippen molar-refractivity contribution in [1.82, 2.24) is 15.0 Å². The average molecular weight is 357 g/mol. The molecule has 7 nitrogen and oxygen atoms in total. The predicted octanol–water partition coefficient (Wildman–Crippen LogP) is 2.71. The van der Waals surface area contributed by atoms with Crippen LogP contribution in [0.25, 0.3) is 22.2 Å². The van der Waals surface area contributed by atoms with Gasteiger partial charge in [0.25, 0.3) is 0 Å². The quantitative estimate of drug-likeness (QED) is 0.506. The van der Waals surface area contributed by atoms with Gasteiger partial charge in [-0.15, -0.1) is 11.8 Å². The minimum absolute atomic E-state index is 0.0606. The van der Waals surface area contributed by atoms with Crippen molar-refractivity contribution in [2.45, 2.75) is 11.9 Å². The Morgan fingerprint density at radius 3 is 2.92 bits per heavy atom. The van der Waals surface area contributed by atoms with E-state index in [0.717, 1.165) is 32.9 Å². The van der Waals surface area contributed by atoms with Gasteiger partial charge in [-0.25, -0.2) is 9.97 Å². The van der Waals surface area contributed by atoms with Gasteiger partial charge in [-0.3, -0.25) is 4.79 Å². The van der Waals surface area contributed by atoms with Crippen LogP contribution < -0.4 is 10.6 Å². The molecule has 0 atom stereocenters. The van der Waals surface area contributed by atoms with Crippen LogP contribution in [-0.4, -0.2) is 45.4 Å². The highest BCUT2D eigenvalue weighted by Crippen LogP contribution is 2.31. The highest BCUT2D eigenvalue weighted by atomic mass is 32.2. The highest BCUT2D eigenvalue weighted by molar-refractivity contribution is 7.98. The molecule has 0 aliphatic rings. The molecule has 0 saturated carbocycles. The number of nitrogens with zero attached hydrogens (tertiary/aromatic N) is 2. The summed E-state index contributed by atoms with van der Waals surface area (Å²) in [5, 5.41) is 16.7. The first-order chi connectivity index (χ1) is 12.1.